The first kappa shape index (κ1) is 17.5. The number of rotatable bonds is 3. The number of hydrogen-bond donors (Lipinski definition) is 2. The van der Waals surface area contributed by atoms with Crippen molar-refractivity contribution in [3.63, 3.8) is 0 Å². The Hall–Kier alpha value is -2.33. The second-order valence-corrected chi connectivity index (χ2v) is 6.68. The summed E-state index contributed by atoms with van der Waals surface area (Å²) < 4.78 is 14.2. The van der Waals surface area contributed by atoms with Gasteiger partial charge >= 0.3 is 6.03 Å². The molecule has 0 aromatic heterocycles. The van der Waals surface area contributed by atoms with Gasteiger partial charge in [0.1, 0.15) is 5.82 Å². The molecule has 134 valence electrons. The zero-order valence-corrected chi connectivity index (χ0v) is 14.1. The summed E-state index contributed by atoms with van der Waals surface area (Å²) in [7, 11) is 0. The van der Waals surface area contributed by atoms with Gasteiger partial charge in [-0.05, 0) is 43.9 Å². The van der Waals surface area contributed by atoms with Crippen molar-refractivity contribution in [2.45, 2.75) is 37.8 Å². The molecule has 2 amide bonds. The van der Waals surface area contributed by atoms with Crippen LogP contribution >= 0.6 is 0 Å². The van der Waals surface area contributed by atoms with Gasteiger partial charge in [-0.2, -0.15) is 5.26 Å². The molecule has 2 aliphatic heterocycles. The van der Waals surface area contributed by atoms with Gasteiger partial charge in [-0.25, -0.2) is 9.18 Å². The number of anilines is 1. The largest absolute Gasteiger partial charge is 0.394 e. The van der Waals surface area contributed by atoms with Crippen LogP contribution in [0.4, 0.5) is 14.9 Å². The molecule has 2 heterocycles. The molecule has 2 unspecified atom stereocenters. The lowest BCUT2D eigenvalue weighted by atomic mass is 10.0. The first-order valence-electron chi connectivity index (χ1n) is 8.75. The monoisotopic (exact) mass is 346 g/mol. The summed E-state index contributed by atoms with van der Waals surface area (Å²) >= 11 is 0. The average Bonchev–Trinajstić information content (AvgIpc) is 3.10. The molecule has 7 heteroatoms. The molecule has 2 N–H and O–H groups in total. The first-order valence-corrected chi connectivity index (χ1v) is 8.75. The Morgan fingerprint density at radius 3 is 2.88 bits per heavy atom. The summed E-state index contributed by atoms with van der Waals surface area (Å²) in [5.74, 6) is -0.411. The maximum atomic E-state index is 14.2. The Labute approximate surface area is 146 Å². The molecule has 2 fully saturated rings. The molecule has 0 spiro atoms. The van der Waals surface area contributed by atoms with E-state index in [1.54, 1.807) is 17.0 Å². The Balaban J connectivity index is 1.63. The van der Waals surface area contributed by atoms with E-state index < -0.39 is 5.82 Å². The minimum Gasteiger partial charge on any atom is -0.394 e. The van der Waals surface area contributed by atoms with Crippen molar-refractivity contribution in [3.05, 3.63) is 29.6 Å². The van der Waals surface area contributed by atoms with E-state index in [1.165, 1.54) is 6.07 Å². The minimum atomic E-state index is -0.411. The Morgan fingerprint density at radius 1 is 1.36 bits per heavy atom. The van der Waals surface area contributed by atoms with Crippen LogP contribution in [-0.2, 0) is 0 Å². The summed E-state index contributed by atoms with van der Waals surface area (Å²) in [6.07, 6.45) is 3.44. The van der Waals surface area contributed by atoms with Gasteiger partial charge < -0.3 is 20.2 Å². The number of aliphatic hydroxyl groups is 1. The van der Waals surface area contributed by atoms with Crippen molar-refractivity contribution in [1.82, 2.24) is 10.2 Å². The van der Waals surface area contributed by atoms with E-state index >= 15 is 0 Å². The molecule has 0 aliphatic carbocycles. The van der Waals surface area contributed by atoms with Crippen molar-refractivity contribution in [2.75, 3.05) is 31.1 Å². The zero-order chi connectivity index (χ0) is 17.8. The van der Waals surface area contributed by atoms with Crippen LogP contribution in [0.2, 0.25) is 0 Å². The van der Waals surface area contributed by atoms with Crippen LogP contribution in [0, 0.1) is 17.1 Å². The van der Waals surface area contributed by atoms with Gasteiger partial charge in [0.05, 0.1) is 30.0 Å². The van der Waals surface area contributed by atoms with Crippen LogP contribution in [0.25, 0.3) is 0 Å². The van der Waals surface area contributed by atoms with Gasteiger partial charge in [0.25, 0.3) is 0 Å². The Kier molecular flexibility index (Phi) is 5.39. The highest BCUT2D eigenvalue weighted by molar-refractivity contribution is 5.75. The molecule has 1 aromatic rings. The summed E-state index contributed by atoms with van der Waals surface area (Å²) in [4.78, 5) is 16.1. The molecule has 2 atom stereocenters. The Bertz CT molecular complexity index is 676. The van der Waals surface area contributed by atoms with E-state index in [1.807, 2.05) is 11.0 Å². The number of carbonyl (C=O) groups is 1. The summed E-state index contributed by atoms with van der Waals surface area (Å²) in [5.41, 5.74) is 0.763. The van der Waals surface area contributed by atoms with Gasteiger partial charge in [-0.3, -0.25) is 0 Å². The lowest BCUT2D eigenvalue weighted by Gasteiger charge is -2.36. The zero-order valence-electron chi connectivity index (χ0n) is 14.1. The molecule has 0 radical (unpaired) electrons. The number of aliphatic hydroxyl groups excluding tert-OH is 1. The highest BCUT2D eigenvalue weighted by Crippen LogP contribution is 2.24. The molecule has 2 saturated heterocycles. The average molecular weight is 346 g/mol. The third kappa shape index (κ3) is 3.85. The minimum absolute atomic E-state index is 0.0132. The second-order valence-electron chi connectivity index (χ2n) is 6.68. The molecular formula is C18H23FN4O2. The van der Waals surface area contributed by atoms with Crippen molar-refractivity contribution in [3.8, 4) is 6.07 Å². The predicted octanol–water partition coefficient (Wildman–Crippen LogP) is 1.83. The normalized spacial score (nSPS) is 23.4. The van der Waals surface area contributed by atoms with Gasteiger partial charge in [-0.1, -0.05) is 0 Å². The predicted molar refractivity (Wildman–Crippen MR) is 91.7 cm³/mol. The molecule has 6 nitrogen and oxygen atoms in total. The van der Waals surface area contributed by atoms with Crippen LogP contribution in [-0.4, -0.2) is 54.4 Å². The maximum Gasteiger partial charge on any atom is 0.318 e. The molecule has 25 heavy (non-hydrogen) atoms. The summed E-state index contributed by atoms with van der Waals surface area (Å²) in [6, 6.07) is 6.10. The number of halogens is 1. The third-order valence-electron chi connectivity index (χ3n) is 5.02. The number of urea groups is 1. The fourth-order valence-corrected chi connectivity index (χ4v) is 3.70. The molecule has 2 aliphatic rings. The first-order chi connectivity index (χ1) is 12.1. The number of nitriles is 1. The van der Waals surface area contributed by atoms with Crippen LogP contribution in [0.1, 0.15) is 31.2 Å². The van der Waals surface area contributed by atoms with Gasteiger partial charge in [-0.15, -0.1) is 0 Å². The van der Waals surface area contributed by atoms with Crippen molar-refractivity contribution < 1.29 is 14.3 Å². The van der Waals surface area contributed by atoms with Gasteiger partial charge in [0.2, 0.25) is 0 Å². The van der Waals surface area contributed by atoms with Crippen LogP contribution in [0.5, 0.6) is 0 Å². The number of benzene rings is 1. The fraction of sp³-hybridized carbons (Fsp3) is 0.556. The number of amides is 2. The molecule has 1 aromatic carbocycles. The highest BCUT2D eigenvalue weighted by Gasteiger charge is 2.30. The van der Waals surface area contributed by atoms with Crippen molar-refractivity contribution in [2.24, 2.45) is 0 Å². The van der Waals surface area contributed by atoms with Gasteiger partial charge in [0, 0.05) is 25.7 Å². The van der Waals surface area contributed by atoms with Crippen LogP contribution in [0.3, 0.4) is 0 Å². The Morgan fingerprint density at radius 2 is 2.16 bits per heavy atom. The smallest absolute Gasteiger partial charge is 0.318 e. The topological polar surface area (TPSA) is 79.6 Å². The quantitative estimate of drug-likeness (QED) is 0.875. The van der Waals surface area contributed by atoms with Crippen molar-refractivity contribution >= 4 is 11.7 Å². The highest BCUT2D eigenvalue weighted by atomic mass is 19.1. The lowest BCUT2D eigenvalue weighted by molar-refractivity contribution is 0.153. The molecule has 3 rings (SSSR count). The number of nitrogens with zero attached hydrogens (tertiary/aromatic N) is 3. The van der Waals surface area contributed by atoms with E-state index in [9.17, 15) is 14.3 Å². The SMILES string of the molecule is N#Cc1ccc(N2CCCC(NC(=O)N3CCCC3CO)C2)c(F)c1. The molecular weight excluding hydrogens is 323 g/mol. The molecule has 0 saturated carbocycles. The van der Waals surface area contributed by atoms with Crippen LogP contribution in [0.15, 0.2) is 18.2 Å². The van der Waals surface area contributed by atoms with E-state index in [0.29, 0.717) is 24.3 Å². The summed E-state index contributed by atoms with van der Waals surface area (Å²) in [6.45, 7) is 1.91. The number of hydrogen-bond acceptors (Lipinski definition) is 4. The number of piperidine rings is 1. The fourth-order valence-electron chi connectivity index (χ4n) is 3.70. The van der Waals surface area contributed by atoms with E-state index in [0.717, 1.165) is 32.2 Å². The standard InChI is InChI=1S/C18H23FN4O2/c19-16-9-13(10-20)5-6-17(16)22-7-1-3-14(11-22)21-18(25)23-8-2-4-15(23)12-24/h5-6,9,14-15,24H,1-4,7-8,11-12H2,(H,21,25). The number of likely N-dealkylation sites (tertiary alicyclic amines) is 1. The van der Waals surface area contributed by atoms with E-state index in [2.05, 4.69) is 5.32 Å². The number of nitrogens with one attached hydrogen (secondary N) is 1. The number of carbonyl (C=O) groups excluding carboxylic acids is 1. The van der Waals surface area contributed by atoms with Gasteiger partial charge in [0.15, 0.2) is 0 Å². The maximum absolute atomic E-state index is 14.2. The van der Waals surface area contributed by atoms with E-state index in [4.69, 9.17) is 5.26 Å². The summed E-state index contributed by atoms with van der Waals surface area (Å²) in [5, 5.41) is 21.2. The second kappa shape index (κ2) is 7.70. The van der Waals surface area contributed by atoms with E-state index in [-0.39, 0.29) is 24.7 Å². The molecule has 0 bridgehead atoms. The van der Waals surface area contributed by atoms with Crippen LogP contribution < -0.4 is 10.2 Å². The lowest BCUT2D eigenvalue weighted by Crippen LogP contribution is -2.53. The third-order valence-corrected chi connectivity index (χ3v) is 5.02. The van der Waals surface area contributed by atoms with Crippen molar-refractivity contribution in [1.29, 1.82) is 5.26 Å².